The molecular weight excluding hydrogens is 272 g/mol. The van der Waals surface area contributed by atoms with Crippen LogP contribution < -0.4 is 10.6 Å². The highest BCUT2D eigenvalue weighted by Crippen LogP contribution is 2.28. The third-order valence-electron chi connectivity index (χ3n) is 2.96. The van der Waals surface area contributed by atoms with Crippen LogP contribution in [0, 0.1) is 0 Å². The van der Waals surface area contributed by atoms with Crippen LogP contribution in [0.15, 0.2) is 35.7 Å². The average Bonchev–Trinajstić information content (AvgIpc) is 2.92. The van der Waals surface area contributed by atoms with Gasteiger partial charge >= 0.3 is 5.97 Å². The van der Waals surface area contributed by atoms with Gasteiger partial charge in [0.15, 0.2) is 0 Å². The zero-order valence-corrected chi connectivity index (χ0v) is 12.4. The molecule has 0 saturated carbocycles. The number of nitrogen functional groups attached to an aromatic ring is 1. The van der Waals surface area contributed by atoms with E-state index in [2.05, 4.69) is 6.07 Å². The van der Waals surface area contributed by atoms with E-state index in [-0.39, 0.29) is 5.97 Å². The second kappa shape index (κ2) is 6.43. The van der Waals surface area contributed by atoms with Crippen molar-refractivity contribution in [3.8, 4) is 0 Å². The monoisotopic (exact) mass is 290 g/mol. The van der Waals surface area contributed by atoms with Gasteiger partial charge in [0.05, 0.1) is 30.1 Å². The Hall–Kier alpha value is -2.01. The number of nitrogens with two attached hydrogens (primary N) is 1. The molecule has 0 aliphatic rings. The van der Waals surface area contributed by atoms with Gasteiger partial charge in [-0.3, -0.25) is 0 Å². The third kappa shape index (κ3) is 3.11. The minimum Gasteiger partial charge on any atom is -0.462 e. The summed E-state index contributed by atoms with van der Waals surface area (Å²) in [4.78, 5) is 15.1. The predicted molar refractivity (Wildman–Crippen MR) is 83.2 cm³/mol. The van der Waals surface area contributed by atoms with E-state index in [1.807, 2.05) is 35.5 Å². The third-order valence-corrected chi connectivity index (χ3v) is 3.82. The molecular formula is C15H18N2O2S. The maximum absolute atomic E-state index is 11.8. The normalized spacial score (nSPS) is 10.3. The highest BCUT2D eigenvalue weighted by molar-refractivity contribution is 7.09. The van der Waals surface area contributed by atoms with Gasteiger partial charge in [-0.25, -0.2) is 4.79 Å². The molecule has 0 radical (unpaired) electrons. The molecule has 1 aromatic heterocycles. The molecule has 2 rings (SSSR count). The molecule has 1 heterocycles. The summed E-state index contributed by atoms with van der Waals surface area (Å²) in [5.74, 6) is -0.378. The smallest absolute Gasteiger partial charge is 0.340 e. The zero-order valence-electron chi connectivity index (χ0n) is 11.6. The van der Waals surface area contributed by atoms with Gasteiger partial charge in [0, 0.05) is 11.9 Å². The SMILES string of the molecule is CCOC(=O)c1cccc(N(C)Cc2cccs2)c1N. The standard InChI is InChI=1S/C15H18N2O2S/c1-3-19-15(18)12-7-4-8-13(14(12)16)17(2)10-11-6-5-9-20-11/h4-9H,3,10,16H2,1-2H3. The summed E-state index contributed by atoms with van der Waals surface area (Å²) in [6, 6.07) is 9.52. The van der Waals surface area contributed by atoms with Crippen LogP contribution in [0.5, 0.6) is 0 Å². The van der Waals surface area contributed by atoms with Crippen LogP contribution in [-0.4, -0.2) is 19.6 Å². The number of esters is 1. The number of hydrogen-bond acceptors (Lipinski definition) is 5. The number of rotatable bonds is 5. The summed E-state index contributed by atoms with van der Waals surface area (Å²) in [6.07, 6.45) is 0. The lowest BCUT2D eigenvalue weighted by Crippen LogP contribution is -2.19. The van der Waals surface area contributed by atoms with Crippen molar-refractivity contribution in [3.05, 3.63) is 46.2 Å². The van der Waals surface area contributed by atoms with Crippen LogP contribution in [0.25, 0.3) is 0 Å². The first-order valence-electron chi connectivity index (χ1n) is 6.42. The van der Waals surface area contributed by atoms with E-state index in [1.54, 1.807) is 24.3 Å². The van der Waals surface area contributed by atoms with Gasteiger partial charge in [-0.05, 0) is 30.5 Å². The number of carbonyl (C=O) groups excluding carboxylic acids is 1. The molecule has 0 aliphatic carbocycles. The van der Waals surface area contributed by atoms with Crippen LogP contribution in [0.4, 0.5) is 11.4 Å². The molecule has 2 aromatic rings. The number of ether oxygens (including phenoxy) is 1. The van der Waals surface area contributed by atoms with E-state index in [4.69, 9.17) is 10.5 Å². The quantitative estimate of drug-likeness (QED) is 0.679. The molecule has 0 spiro atoms. The highest BCUT2D eigenvalue weighted by atomic mass is 32.1. The molecule has 106 valence electrons. The van der Waals surface area contributed by atoms with Gasteiger partial charge in [0.25, 0.3) is 0 Å². The van der Waals surface area contributed by atoms with Crippen LogP contribution in [0.2, 0.25) is 0 Å². The van der Waals surface area contributed by atoms with E-state index in [0.717, 1.165) is 12.2 Å². The number of nitrogens with zero attached hydrogens (tertiary/aromatic N) is 1. The molecule has 0 amide bonds. The Morgan fingerprint density at radius 3 is 2.80 bits per heavy atom. The molecule has 4 nitrogen and oxygen atoms in total. The van der Waals surface area contributed by atoms with Gasteiger partial charge in [-0.2, -0.15) is 0 Å². The second-order valence-electron chi connectivity index (χ2n) is 4.39. The Labute approximate surface area is 122 Å². The summed E-state index contributed by atoms with van der Waals surface area (Å²) in [6.45, 7) is 2.88. The first kappa shape index (κ1) is 14.4. The lowest BCUT2D eigenvalue weighted by Gasteiger charge is -2.21. The second-order valence-corrected chi connectivity index (χ2v) is 5.43. The maximum atomic E-state index is 11.8. The van der Waals surface area contributed by atoms with Gasteiger partial charge in [-0.15, -0.1) is 11.3 Å². The highest BCUT2D eigenvalue weighted by Gasteiger charge is 2.15. The van der Waals surface area contributed by atoms with Crippen molar-refractivity contribution in [1.29, 1.82) is 0 Å². The van der Waals surface area contributed by atoms with E-state index in [1.165, 1.54) is 4.88 Å². The lowest BCUT2D eigenvalue weighted by molar-refractivity contribution is 0.0527. The van der Waals surface area contributed by atoms with Crippen molar-refractivity contribution in [3.63, 3.8) is 0 Å². The fraction of sp³-hybridized carbons (Fsp3) is 0.267. The van der Waals surface area contributed by atoms with Crippen molar-refractivity contribution < 1.29 is 9.53 Å². The Balaban J connectivity index is 2.23. The molecule has 0 atom stereocenters. The number of benzene rings is 1. The van der Waals surface area contributed by atoms with Crippen molar-refractivity contribution in [2.75, 3.05) is 24.3 Å². The van der Waals surface area contributed by atoms with Crippen molar-refractivity contribution in [1.82, 2.24) is 0 Å². The van der Waals surface area contributed by atoms with Gasteiger partial charge in [0.1, 0.15) is 0 Å². The Kier molecular flexibility index (Phi) is 4.63. The number of para-hydroxylation sites is 1. The molecule has 1 aromatic carbocycles. The predicted octanol–water partition coefficient (Wildman–Crippen LogP) is 3.14. The first-order valence-corrected chi connectivity index (χ1v) is 7.30. The molecule has 0 bridgehead atoms. The largest absolute Gasteiger partial charge is 0.462 e. The fourth-order valence-electron chi connectivity index (χ4n) is 1.99. The summed E-state index contributed by atoms with van der Waals surface area (Å²) in [7, 11) is 1.96. The fourth-order valence-corrected chi connectivity index (χ4v) is 2.75. The van der Waals surface area contributed by atoms with Crippen LogP contribution >= 0.6 is 11.3 Å². The van der Waals surface area contributed by atoms with E-state index < -0.39 is 0 Å². The van der Waals surface area contributed by atoms with Crippen LogP contribution in [0.3, 0.4) is 0 Å². The molecule has 0 fully saturated rings. The molecule has 20 heavy (non-hydrogen) atoms. The van der Waals surface area contributed by atoms with Gasteiger partial charge in [0.2, 0.25) is 0 Å². The number of carbonyl (C=O) groups is 1. The van der Waals surface area contributed by atoms with Gasteiger partial charge in [-0.1, -0.05) is 12.1 Å². The number of hydrogen-bond donors (Lipinski definition) is 1. The summed E-state index contributed by atoms with van der Waals surface area (Å²) in [5.41, 5.74) is 7.82. The maximum Gasteiger partial charge on any atom is 0.340 e. The van der Waals surface area contributed by atoms with E-state index >= 15 is 0 Å². The summed E-state index contributed by atoms with van der Waals surface area (Å²) in [5, 5.41) is 2.04. The average molecular weight is 290 g/mol. The minimum absolute atomic E-state index is 0.341. The Morgan fingerprint density at radius 1 is 1.35 bits per heavy atom. The molecule has 0 unspecified atom stereocenters. The van der Waals surface area contributed by atoms with Crippen molar-refractivity contribution in [2.45, 2.75) is 13.5 Å². The molecule has 0 aliphatic heterocycles. The number of anilines is 2. The van der Waals surface area contributed by atoms with Crippen LogP contribution in [-0.2, 0) is 11.3 Å². The van der Waals surface area contributed by atoms with Crippen molar-refractivity contribution >= 4 is 28.7 Å². The Morgan fingerprint density at radius 2 is 2.15 bits per heavy atom. The molecule has 2 N–H and O–H groups in total. The van der Waals surface area contributed by atoms with E-state index in [0.29, 0.717) is 17.9 Å². The minimum atomic E-state index is -0.378. The first-order chi connectivity index (χ1) is 9.63. The zero-order chi connectivity index (χ0) is 14.5. The number of thiophene rings is 1. The lowest BCUT2D eigenvalue weighted by atomic mass is 10.1. The molecule has 5 heteroatoms. The van der Waals surface area contributed by atoms with Crippen LogP contribution in [0.1, 0.15) is 22.2 Å². The summed E-state index contributed by atoms with van der Waals surface area (Å²) < 4.78 is 5.01. The van der Waals surface area contributed by atoms with Gasteiger partial charge < -0.3 is 15.4 Å². The Bertz CT molecular complexity index is 582. The van der Waals surface area contributed by atoms with Crippen molar-refractivity contribution in [2.24, 2.45) is 0 Å². The van der Waals surface area contributed by atoms with E-state index in [9.17, 15) is 4.79 Å². The summed E-state index contributed by atoms with van der Waals surface area (Å²) >= 11 is 1.70. The molecule has 0 saturated heterocycles. The topological polar surface area (TPSA) is 55.6 Å².